The van der Waals surface area contributed by atoms with Crippen molar-refractivity contribution in [1.82, 2.24) is 4.90 Å². The van der Waals surface area contributed by atoms with Gasteiger partial charge in [-0.3, -0.25) is 4.90 Å². The van der Waals surface area contributed by atoms with Crippen LogP contribution in [-0.4, -0.2) is 42.9 Å². The van der Waals surface area contributed by atoms with Gasteiger partial charge in [0.2, 0.25) is 0 Å². The van der Waals surface area contributed by atoms with Gasteiger partial charge < -0.3 is 4.74 Å². The minimum absolute atomic E-state index is 0.130. The lowest BCUT2D eigenvalue weighted by Crippen LogP contribution is -2.37. The Labute approximate surface area is 80.1 Å². The van der Waals surface area contributed by atoms with E-state index in [1.54, 1.807) is 0 Å². The van der Waals surface area contributed by atoms with Crippen molar-refractivity contribution in [3.8, 4) is 0 Å². The molecule has 0 aromatic carbocycles. The normalized spacial score (nSPS) is 32.8. The fourth-order valence-electron chi connectivity index (χ4n) is 2.03. The van der Waals surface area contributed by atoms with Crippen molar-refractivity contribution in [2.75, 3.05) is 13.6 Å². The summed E-state index contributed by atoms with van der Waals surface area (Å²) < 4.78 is 18.7. The predicted octanol–water partition coefficient (Wildman–Crippen LogP) is 1.84. The van der Waals surface area contributed by atoms with Crippen LogP contribution in [0.5, 0.6) is 0 Å². The molecule has 0 N–H and O–H groups in total. The molecule has 0 bridgehead atoms. The first kappa shape index (κ1) is 10.9. The standard InChI is InChI=1S/C10H20FNO/c1-7(2)13-8(3)10-5-9(11)6-12(10)4/h7-10H,5-6H2,1-4H3/t8-,9+,10-/m0/s1. The summed E-state index contributed by atoms with van der Waals surface area (Å²) in [6, 6.07) is 0.248. The van der Waals surface area contributed by atoms with Gasteiger partial charge in [0.25, 0.3) is 0 Å². The van der Waals surface area contributed by atoms with E-state index in [1.807, 2.05) is 27.8 Å². The highest BCUT2D eigenvalue weighted by Crippen LogP contribution is 2.23. The van der Waals surface area contributed by atoms with Crippen LogP contribution in [0, 0.1) is 0 Å². The van der Waals surface area contributed by atoms with Crippen LogP contribution in [0.15, 0.2) is 0 Å². The molecule has 0 radical (unpaired) electrons. The Morgan fingerprint density at radius 1 is 1.38 bits per heavy atom. The van der Waals surface area contributed by atoms with Crippen LogP contribution in [0.4, 0.5) is 4.39 Å². The Bertz CT molecular complexity index is 163. The van der Waals surface area contributed by atoms with Crippen LogP contribution >= 0.6 is 0 Å². The highest BCUT2D eigenvalue weighted by molar-refractivity contribution is 4.87. The first-order valence-electron chi connectivity index (χ1n) is 5.00. The zero-order valence-electron chi connectivity index (χ0n) is 8.96. The summed E-state index contributed by atoms with van der Waals surface area (Å²) >= 11 is 0. The SMILES string of the molecule is CC(C)O[C@@H](C)[C@@H]1C[C@@H](F)CN1C. The van der Waals surface area contributed by atoms with Crippen molar-refractivity contribution >= 4 is 0 Å². The number of rotatable bonds is 3. The minimum Gasteiger partial charge on any atom is -0.374 e. The molecule has 0 aliphatic carbocycles. The molecule has 1 saturated heterocycles. The van der Waals surface area contributed by atoms with Gasteiger partial charge in [-0.1, -0.05) is 0 Å². The second kappa shape index (κ2) is 4.38. The smallest absolute Gasteiger partial charge is 0.114 e. The first-order chi connectivity index (χ1) is 6.00. The summed E-state index contributed by atoms with van der Waals surface area (Å²) in [6.45, 7) is 6.60. The van der Waals surface area contributed by atoms with E-state index in [1.165, 1.54) is 0 Å². The van der Waals surface area contributed by atoms with E-state index in [0.717, 1.165) is 0 Å². The number of nitrogens with zero attached hydrogens (tertiary/aromatic N) is 1. The van der Waals surface area contributed by atoms with E-state index in [0.29, 0.717) is 13.0 Å². The van der Waals surface area contributed by atoms with Gasteiger partial charge in [0.15, 0.2) is 0 Å². The molecule has 1 aliphatic rings. The molecule has 1 aliphatic heterocycles. The van der Waals surface area contributed by atoms with Gasteiger partial charge in [-0.2, -0.15) is 0 Å². The van der Waals surface area contributed by atoms with Gasteiger partial charge in [0, 0.05) is 12.6 Å². The zero-order chi connectivity index (χ0) is 10.0. The van der Waals surface area contributed by atoms with Gasteiger partial charge >= 0.3 is 0 Å². The summed E-state index contributed by atoms with van der Waals surface area (Å²) in [4.78, 5) is 2.05. The molecule has 3 heteroatoms. The lowest BCUT2D eigenvalue weighted by atomic mass is 10.1. The van der Waals surface area contributed by atoms with E-state index in [2.05, 4.69) is 4.90 Å². The van der Waals surface area contributed by atoms with Crippen LogP contribution < -0.4 is 0 Å². The number of likely N-dealkylation sites (N-methyl/N-ethyl adjacent to an activating group) is 1. The second-order valence-electron chi connectivity index (χ2n) is 4.23. The van der Waals surface area contributed by atoms with Crippen molar-refractivity contribution in [1.29, 1.82) is 0 Å². The molecule has 13 heavy (non-hydrogen) atoms. The number of alkyl halides is 1. The number of hydrogen-bond donors (Lipinski definition) is 0. The fraction of sp³-hybridized carbons (Fsp3) is 1.00. The zero-order valence-corrected chi connectivity index (χ0v) is 8.96. The molecule has 0 amide bonds. The van der Waals surface area contributed by atoms with E-state index in [-0.39, 0.29) is 18.2 Å². The van der Waals surface area contributed by atoms with Crippen molar-refractivity contribution in [2.45, 2.75) is 51.6 Å². The van der Waals surface area contributed by atoms with Crippen LogP contribution in [0.2, 0.25) is 0 Å². The molecular formula is C10H20FNO. The Morgan fingerprint density at radius 2 is 2.00 bits per heavy atom. The minimum atomic E-state index is -0.673. The lowest BCUT2D eigenvalue weighted by Gasteiger charge is -2.27. The molecule has 1 fully saturated rings. The molecule has 0 saturated carbocycles. The molecule has 0 unspecified atom stereocenters. The summed E-state index contributed by atoms with van der Waals surface area (Å²) in [7, 11) is 1.96. The van der Waals surface area contributed by atoms with E-state index < -0.39 is 6.17 Å². The summed E-state index contributed by atoms with van der Waals surface area (Å²) in [5.41, 5.74) is 0. The molecule has 3 atom stereocenters. The van der Waals surface area contributed by atoms with Crippen molar-refractivity contribution < 1.29 is 9.13 Å². The largest absolute Gasteiger partial charge is 0.374 e. The molecule has 0 aromatic rings. The van der Waals surface area contributed by atoms with Gasteiger partial charge in [0.05, 0.1) is 12.2 Å². The third-order valence-electron chi connectivity index (χ3n) is 2.58. The molecule has 1 rings (SSSR count). The fourth-order valence-corrected chi connectivity index (χ4v) is 2.03. The summed E-state index contributed by atoms with van der Waals surface area (Å²) in [5.74, 6) is 0. The molecular weight excluding hydrogens is 169 g/mol. The average Bonchev–Trinajstić information content (AvgIpc) is 2.28. The van der Waals surface area contributed by atoms with Crippen LogP contribution in [0.3, 0.4) is 0 Å². The van der Waals surface area contributed by atoms with E-state index in [9.17, 15) is 4.39 Å². The molecule has 0 spiro atoms. The maximum atomic E-state index is 13.0. The molecule has 78 valence electrons. The third-order valence-corrected chi connectivity index (χ3v) is 2.58. The quantitative estimate of drug-likeness (QED) is 0.671. The Kier molecular flexibility index (Phi) is 3.68. The number of likely N-dealkylation sites (tertiary alicyclic amines) is 1. The summed E-state index contributed by atoms with van der Waals surface area (Å²) in [5, 5.41) is 0. The van der Waals surface area contributed by atoms with Crippen LogP contribution in [0.25, 0.3) is 0 Å². The number of ether oxygens (including phenoxy) is 1. The lowest BCUT2D eigenvalue weighted by molar-refractivity contribution is -0.0203. The topological polar surface area (TPSA) is 12.5 Å². The van der Waals surface area contributed by atoms with Crippen LogP contribution in [0.1, 0.15) is 27.2 Å². The van der Waals surface area contributed by atoms with Crippen molar-refractivity contribution in [3.63, 3.8) is 0 Å². The third kappa shape index (κ3) is 2.92. The highest BCUT2D eigenvalue weighted by Gasteiger charge is 2.33. The van der Waals surface area contributed by atoms with Crippen LogP contribution in [-0.2, 0) is 4.74 Å². The highest BCUT2D eigenvalue weighted by atomic mass is 19.1. The van der Waals surface area contributed by atoms with Gasteiger partial charge in [-0.05, 0) is 34.2 Å². The van der Waals surface area contributed by atoms with Crippen molar-refractivity contribution in [2.24, 2.45) is 0 Å². The number of hydrogen-bond acceptors (Lipinski definition) is 2. The molecule has 1 heterocycles. The second-order valence-corrected chi connectivity index (χ2v) is 4.23. The average molecular weight is 189 g/mol. The Hall–Kier alpha value is -0.150. The van der Waals surface area contributed by atoms with E-state index in [4.69, 9.17) is 4.74 Å². The summed E-state index contributed by atoms with van der Waals surface area (Å²) in [6.07, 6.45) is 0.297. The number of halogens is 1. The van der Waals surface area contributed by atoms with Gasteiger partial charge in [0.1, 0.15) is 6.17 Å². The predicted molar refractivity (Wildman–Crippen MR) is 51.6 cm³/mol. The molecule has 2 nitrogen and oxygen atoms in total. The Balaban J connectivity index is 2.42. The monoisotopic (exact) mass is 189 g/mol. The first-order valence-corrected chi connectivity index (χ1v) is 5.00. The van der Waals surface area contributed by atoms with Gasteiger partial charge in [-0.15, -0.1) is 0 Å². The Morgan fingerprint density at radius 3 is 2.38 bits per heavy atom. The maximum Gasteiger partial charge on any atom is 0.114 e. The van der Waals surface area contributed by atoms with Gasteiger partial charge in [-0.25, -0.2) is 4.39 Å². The molecule has 0 aromatic heterocycles. The van der Waals surface area contributed by atoms with Crippen molar-refractivity contribution in [3.05, 3.63) is 0 Å². The maximum absolute atomic E-state index is 13.0. The van der Waals surface area contributed by atoms with E-state index >= 15 is 0 Å².